The molecule has 2 fully saturated rings. The molecule has 0 aliphatic carbocycles. The van der Waals surface area contributed by atoms with Crippen LogP contribution in [0.2, 0.25) is 0 Å². The van der Waals surface area contributed by atoms with Crippen molar-refractivity contribution in [3.8, 4) is 0 Å². The fraction of sp³-hybridized carbons (Fsp3) is 0.833. The smallest absolute Gasteiger partial charge is 0.407 e. The maximum Gasteiger partial charge on any atom is 0.407 e. The zero-order chi connectivity index (χ0) is 13.1. The normalized spacial score (nSPS) is 30.3. The largest absolute Gasteiger partial charge is 0.465 e. The Kier molecular flexibility index (Phi) is 4.06. The molecule has 0 aromatic rings. The second-order valence-electron chi connectivity index (χ2n) is 4.78. The highest BCUT2D eigenvalue weighted by Crippen LogP contribution is 2.36. The predicted octanol–water partition coefficient (Wildman–Crippen LogP) is 1.24. The first-order valence-electron chi connectivity index (χ1n) is 6.40. The zero-order valence-corrected chi connectivity index (χ0v) is 10.5. The minimum Gasteiger partial charge on any atom is -0.465 e. The highest BCUT2D eigenvalue weighted by molar-refractivity contribution is 5.70. The maximum atomic E-state index is 11.2. The number of carbonyl (C=O) groups excluding carboxylic acids is 1. The molecule has 2 rings (SSSR count). The van der Waals surface area contributed by atoms with E-state index in [0.29, 0.717) is 19.4 Å². The number of esters is 1. The lowest BCUT2D eigenvalue weighted by molar-refractivity contribution is -0.152. The molecule has 2 bridgehead atoms. The van der Waals surface area contributed by atoms with Crippen molar-refractivity contribution < 1.29 is 24.2 Å². The maximum absolute atomic E-state index is 11.2. The number of piperidine rings is 1. The van der Waals surface area contributed by atoms with Gasteiger partial charge >= 0.3 is 12.1 Å². The molecule has 2 unspecified atom stereocenters. The molecule has 2 aliphatic heterocycles. The second-order valence-corrected chi connectivity index (χ2v) is 4.78. The van der Waals surface area contributed by atoms with E-state index < -0.39 is 6.09 Å². The summed E-state index contributed by atoms with van der Waals surface area (Å²) in [6.07, 6.45) is 2.30. The van der Waals surface area contributed by atoms with Crippen LogP contribution in [0.5, 0.6) is 0 Å². The molecular weight excluding hydrogens is 238 g/mol. The molecule has 0 saturated carbocycles. The minimum atomic E-state index is -0.841. The second kappa shape index (κ2) is 5.56. The van der Waals surface area contributed by atoms with Gasteiger partial charge in [0, 0.05) is 12.1 Å². The van der Waals surface area contributed by atoms with Gasteiger partial charge in [0.05, 0.1) is 12.7 Å². The Labute approximate surface area is 106 Å². The van der Waals surface area contributed by atoms with E-state index >= 15 is 0 Å². The molecule has 1 amide bonds. The van der Waals surface area contributed by atoms with E-state index in [1.54, 1.807) is 11.8 Å². The van der Waals surface area contributed by atoms with E-state index in [1.807, 2.05) is 0 Å². The number of rotatable bonds is 4. The van der Waals surface area contributed by atoms with Crippen LogP contribution >= 0.6 is 0 Å². The van der Waals surface area contributed by atoms with E-state index in [2.05, 4.69) is 0 Å². The van der Waals surface area contributed by atoms with Crippen molar-refractivity contribution >= 4 is 12.1 Å². The van der Waals surface area contributed by atoms with Gasteiger partial charge in [-0.05, 0) is 32.6 Å². The summed E-state index contributed by atoms with van der Waals surface area (Å²) in [6, 6.07) is 0.0990. The van der Waals surface area contributed by atoms with Crippen molar-refractivity contribution in [3.05, 3.63) is 0 Å². The van der Waals surface area contributed by atoms with Crippen LogP contribution in [0.25, 0.3) is 0 Å². The fourth-order valence-corrected chi connectivity index (χ4v) is 2.96. The molecule has 6 nitrogen and oxygen atoms in total. The topological polar surface area (TPSA) is 76.1 Å². The van der Waals surface area contributed by atoms with Crippen molar-refractivity contribution in [1.29, 1.82) is 0 Å². The highest BCUT2D eigenvalue weighted by atomic mass is 16.6. The van der Waals surface area contributed by atoms with Gasteiger partial charge in [-0.2, -0.15) is 0 Å². The SMILES string of the molecule is CCOC(=O)COC1CC2CCC(C1)N2C(=O)O. The van der Waals surface area contributed by atoms with E-state index in [0.717, 1.165) is 12.8 Å². The van der Waals surface area contributed by atoms with Crippen LogP contribution in [0.4, 0.5) is 4.79 Å². The van der Waals surface area contributed by atoms with Crippen LogP contribution in [0.3, 0.4) is 0 Å². The Morgan fingerprint density at radius 1 is 1.28 bits per heavy atom. The summed E-state index contributed by atoms with van der Waals surface area (Å²) in [6.45, 7) is 2.07. The van der Waals surface area contributed by atoms with E-state index in [9.17, 15) is 9.59 Å². The molecule has 0 aromatic heterocycles. The number of fused-ring (bicyclic) bond motifs is 2. The molecule has 18 heavy (non-hydrogen) atoms. The number of carbonyl (C=O) groups is 2. The van der Waals surface area contributed by atoms with E-state index in [1.165, 1.54) is 0 Å². The molecule has 2 aliphatic rings. The van der Waals surface area contributed by atoms with Crippen LogP contribution < -0.4 is 0 Å². The predicted molar refractivity (Wildman–Crippen MR) is 62.3 cm³/mol. The van der Waals surface area contributed by atoms with Gasteiger partial charge < -0.3 is 19.5 Å². The fourth-order valence-electron chi connectivity index (χ4n) is 2.96. The molecule has 102 valence electrons. The van der Waals surface area contributed by atoms with Crippen LogP contribution in [0.15, 0.2) is 0 Å². The molecule has 1 N–H and O–H groups in total. The van der Waals surface area contributed by atoms with Crippen molar-refractivity contribution in [2.24, 2.45) is 0 Å². The van der Waals surface area contributed by atoms with Gasteiger partial charge in [0.15, 0.2) is 0 Å². The van der Waals surface area contributed by atoms with Crippen molar-refractivity contribution in [1.82, 2.24) is 4.90 Å². The van der Waals surface area contributed by atoms with Crippen LogP contribution in [-0.2, 0) is 14.3 Å². The standard InChI is InChI=1S/C12H19NO5/c1-2-17-11(14)7-18-10-5-8-3-4-9(6-10)13(8)12(15)16/h8-10H,2-7H2,1H3,(H,15,16). The summed E-state index contributed by atoms with van der Waals surface area (Å²) in [5.74, 6) is -0.356. The molecule has 2 heterocycles. The summed E-state index contributed by atoms with van der Waals surface area (Å²) >= 11 is 0. The minimum absolute atomic E-state index is 0.0255. The third-order valence-electron chi connectivity index (χ3n) is 3.65. The Morgan fingerprint density at radius 2 is 1.89 bits per heavy atom. The zero-order valence-electron chi connectivity index (χ0n) is 10.5. The Balaban J connectivity index is 1.82. The number of amides is 1. The number of hydrogen-bond donors (Lipinski definition) is 1. The number of carboxylic acid groups (broad SMARTS) is 1. The van der Waals surface area contributed by atoms with Gasteiger partial charge in [-0.3, -0.25) is 0 Å². The molecule has 0 radical (unpaired) electrons. The lowest BCUT2D eigenvalue weighted by Crippen LogP contribution is -2.48. The summed E-state index contributed by atoms with van der Waals surface area (Å²) < 4.78 is 10.3. The van der Waals surface area contributed by atoms with Gasteiger partial charge in [0.2, 0.25) is 0 Å². The molecule has 0 spiro atoms. The van der Waals surface area contributed by atoms with Gasteiger partial charge in [0.25, 0.3) is 0 Å². The molecule has 2 atom stereocenters. The van der Waals surface area contributed by atoms with Crippen LogP contribution in [-0.4, -0.2) is 53.5 Å². The summed E-state index contributed by atoms with van der Waals surface area (Å²) in [5, 5.41) is 9.10. The van der Waals surface area contributed by atoms with E-state index in [4.69, 9.17) is 14.6 Å². The molecule has 6 heteroatoms. The van der Waals surface area contributed by atoms with Gasteiger partial charge in [-0.25, -0.2) is 9.59 Å². The monoisotopic (exact) mass is 257 g/mol. The van der Waals surface area contributed by atoms with Crippen molar-refractivity contribution in [3.63, 3.8) is 0 Å². The van der Waals surface area contributed by atoms with Gasteiger partial charge in [-0.1, -0.05) is 0 Å². The average molecular weight is 257 g/mol. The number of nitrogens with zero attached hydrogens (tertiary/aromatic N) is 1. The first-order valence-corrected chi connectivity index (χ1v) is 6.40. The first kappa shape index (κ1) is 13.1. The number of hydrogen-bond acceptors (Lipinski definition) is 4. The summed E-state index contributed by atoms with van der Waals surface area (Å²) in [4.78, 5) is 23.8. The van der Waals surface area contributed by atoms with Crippen LogP contribution in [0, 0.1) is 0 Å². The molecule has 0 aromatic carbocycles. The lowest BCUT2D eigenvalue weighted by atomic mass is 10.0. The van der Waals surface area contributed by atoms with Gasteiger partial charge in [0.1, 0.15) is 6.61 Å². The van der Waals surface area contributed by atoms with Crippen molar-refractivity contribution in [2.75, 3.05) is 13.2 Å². The summed E-state index contributed by atoms with van der Waals surface area (Å²) in [7, 11) is 0. The molecule has 2 saturated heterocycles. The Morgan fingerprint density at radius 3 is 2.39 bits per heavy atom. The third kappa shape index (κ3) is 2.75. The van der Waals surface area contributed by atoms with E-state index in [-0.39, 0.29) is 30.8 Å². The first-order chi connectivity index (χ1) is 8.61. The number of ether oxygens (including phenoxy) is 2. The average Bonchev–Trinajstić information content (AvgIpc) is 2.59. The Hall–Kier alpha value is -1.30. The third-order valence-corrected chi connectivity index (χ3v) is 3.65. The van der Waals surface area contributed by atoms with Crippen LogP contribution in [0.1, 0.15) is 32.6 Å². The van der Waals surface area contributed by atoms with Crippen molar-refractivity contribution in [2.45, 2.75) is 50.8 Å². The molecular formula is C12H19NO5. The lowest BCUT2D eigenvalue weighted by Gasteiger charge is -2.36. The quantitative estimate of drug-likeness (QED) is 0.767. The highest BCUT2D eigenvalue weighted by Gasteiger charge is 2.43. The van der Waals surface area contributed by atoms with Gasteiger partial charge in [-0.15, -0.1) is 0 Å². The summed E-state index contributed by atoms with van der Waals surface area (Å²) in [5.41, 5.74) is 0. The Bertz CT molecular complexity index is 318.